The average Bonchev–Trinajstić information content (AvgIpc) is 2.59. The molecule has 0 aliphatic rings. The lowest BCUT2D eigenvalue weighted by molar-refractivity contribution is 0.0597. The minimum Gasteiger partial charge on any atom is -0.464 e. The summed E-state index contributed by atoms with van der Waals surface area (Å²) in [6.45, 7) is 0. The first-order valence-electron chi connectivity index (χ1n) is 3.79. The van der Waals surface area contributed by atoms with Crippen LogP contribution in [0.5, 0.6) is 0 Å². The fraction of sp³-hybridized carbons (Fsp3) is 0.125. The SMILES string of the molecule is COC(=O)c1ncn2cc(Br)ncc12. The number of carbonyl (C=O) groups is 1. The molecule has 14 heavy (non-hydrogen) atoms. The summed E-state index contributed by atoms with van der Waals surface area (Å²) in [5, 5.41) is 0. The third-order valence-electron chi connectivity index (χ3n) is 1.77. The highest BCUT2D eigenvalue weighted by Gasteiger charge is 2.13. The Morgan fingerprint density at radius 2 is 2.36 bits per heavy atom. The maximum Gasteiger partial charge on any atom is 0.358 e. The summed E-state index contributed by atoms with van der Waals surface area (Å²) < 4.78 is 6.96. The number of aromatic nitrogens is 3. The summed E-state index contributed by atoms with van der Waals surface area (Å²) >= 11 is 3.22. The lowest BCUT2D eigenvalue weighted by Gasteiger charge is -1.96. The number of ether oxygens (including phenoxy) is 1. The monoisotopic (exact) mass is 255 g/mol. The van der Waals surface area contributed by atoms with Gasteiger partial charge in [0, 0.05) is 6.20 Å². The Hall–Kier alpha value is -1.43. The van der Waals surface area contributed by atoms with Crippen LogP contribution in [0.1, 0.15) is 10.5 Å². The second-order valence-electron chi connectivity index (χ2n) is 2.59. The standard InChI is InChI=1S/C8H6BrN3O2/c1-14-8(13)7-5-2-10-6(9)3-12(5)4-11-7/h2-4H,1H3. The zero-order chi connectivity index (χ0) is 10.1. The lowest BCUT2D eigenvalue weighted by atomic mass is 10.4. The van der Waals surface area contributed by atoms with Crippen LogP contribution in [0.2, 0.25) is 0 Å². The van der Waals surface area contributed by atoms with Crippen molar-refractivity contribution in [2.75, 3.05) is 7.11 Å². The quantitative estimate of drug-likeness (QED) is 0.721. The van der Waals surface area contributed by atoms with Gasteiger partial charge in [0.2, 0.25) is 0 Å². The first-order valence-corrected chi connectivity index (χ1v) is 4.58. The van der Waals surface area contributed by atoms with Crippen LogP contribution < -0.4 is 0 Å². The minimum atomic E-state index is -0.461. The van der Waals surface area contributed by atoms with Gasteiger partial charge in [-0.2, -0.15) is 0 Å². The molecule has 0 aliphatic carbocycles. The average molecular weight is 256 g/mol. The molecule has 0 unspecified atom stereocenters. The molecule has 0 aliphatic heterocycles. The lowest BCUT2D eigenvalue weighted by Crippen LogP contribution is -2.02. The number of imidazole rings is 1. The number of halogens is 1. The number of nitrogens with zero attached hydrogens (tertiary/aromatic N) is 3. The summed E-state index contributed by atoms with van der Waals surface area (Å²) in [5.41, 5.74) is 0.896. The van der Waals surface area contributed by atoms with Crippen molar-refractivity contribution in [3.8, 4) is 0 Å². The fourth-order valence-corrected chi connectivity index (χ4v) is 1.45. The van der Waals surface area contributed by atoms with E-state index in [-0.39, 0.29) is 5.69 Å². The van der Waals surface area contributed by atoms with Crippen LogP contribution in [-0.4, -0.2) is 27.4 Å². The number of fused-ring (bicyclic) bond motifs is 1. The molecule has 2 aromatic heterocycles. The van der Waals surface area contributed by atoms with Gasteiger partial charge in [-0.3, -0.25) is 0 Å². The van der Waals surface area contributed by atoms with Crippen LogP contribution in [-0.2, 0) is 4.74 Å². The van der Waals surface area contributed by atoms with Gasteiger partial charge in [-0.05, 0) is 15.9 Å². The molecule has 0 saturated carbocycles. The number of carbonyl (C=O) groups excluding carboxylic acids is 1. The molecule has 0 radical (unpaired) electrons. The van der Waals surface area contributed by atoms with Crippen molar-refractivity contribution in [2.24, 2.45) is 0 Å². The Morgan fingerprint density at radius 3 is 3.07 bits per heavy atom. The van der Waals surface area contributed by atoms with E-state index in [1.54, 1.807) is 16.8 Å². The van der Waals surface area contributed by atoms with Crippen molar-refractivity contribution in [2.45, 2.75) is 0 Å². The van der Waals surface area contributed by atoms with Gasteiger partial charge in [-0.1, -0.05) is 0 Å². The van der Waals surface area contributed by atoms with Crippen LogP contribution in [0.15, 0.2) is 23.3 Å². The molecule has 0 aromatic carbocycles. The predicted octanol–water partition coefficient (Wildman–Crippen LogP) is 1.28. The summed E-state index contributed by atoms with van der Waals surface area (Å²) in [6.07, 6.45) is 4.81. The molecule has 0 atom stereocenters. The van der Waals surface area contributed by atoms with Gasteiger partial charge in [0.25, 0.3) is 0 Å². The molecular formula is C8H6BrN3O2. The number of hydrogen-bond donors (Lipinski definition) is 0. The van der Waals surface area contributed by atoms with Crippen LogP contribution in [0, 0.1) is 0 Å². The van der Waals surface area contributed by atoms with Gasteiger partial charge in [-0.15, -0.1) is 0 Å². The number of hydrogen-bond acceptors (Lipinski definition) is 4. The van der Waals surface area contributed by atoms with Crippen molar-refractivity contribution in [1.29, 1.82) is 0 Å². The van der Waals surface area contributed by atoms with E-state index in [4.69, 9.17) is 0 Å². The number of esters is 1. The molecule has 0 saturated heterocycles. The summed E-state index contributed by atoms with van der Waals surface area (Å²) in [4.78, 5) is 19.2. The fourth-order valence-electron chi connectivity index (χ4n) is 1.13. The van der Waals surface area contributed by atoms with E-state index in [1.807, 2.05) is 0 Å². The highest BCUT2D eigenvalue weighted by Crippen LogP contribution is 2.12. The van der Waals surface area contributed by atoms with E-state index in [0.29, 0.717) is 10.1 Å². The summed E-state index contributed by atoms with van der Waals surface area (Å²) in [7, 11) is 1.32. The normalized spacial score (nSPS) is 10.4. The van der Waals surface area contributed by atoms with Crippen molar-refractivity contribution >= 4 is 27.4 Å². The largest absolute Gasteiger partial charge is 0.464 e. The molecule has 2 aromatic rings. The van der Waals surface area contributed by atoms with Gasteiger partial charge in [0.15, 0.2) is 5.69 Å². The Kier molecular flexibility index (Phi) is 2.20. The summed E-state index contributed by atoms with van der Waals surface area (Å²) in [5.74, 6) is -0.461. The minimum absolute atomic E-state index is 0.271. The molecule has 2 heterocycles. The van der Waals surface area contributed by atoms with Gasteiger partial charge in [-0.25, -0.2) is 14.8 Å². The van der Waals surface area contributed by atoms with Gasteiger partial charge < -0.3 is 9.14 Å². The Bertz CT molecular complexity index is 494. The molecule has 5 nitrogen and oxygen atoms in total. The molecule has 6 heteroatoms. The Morgan fingerprint density at radius 1 is 1.57 bits per heavy atom. The molecule has 72 valence electrons. The maximum atomic E-state index is 11.2. The van der Waals surface area contributed by atoms with Gasteiger partial charge >= 0.3 is 5.97 Å². The molecule has 0 amide bonds. The van der Waals surface area contributed by atoms with Crippen molar-refractivity contribution < 1.29 is 9.53 Å². The predicted molar refractivity (Wildman–Crippen MR) is 52.0 cm³/mol. The highest BCUT2D eigenvalue weighted by molar-refractivity contribution is 9.10. The molecule has 0 fully saturated rings. The van der Waals surface area contributed by atoms with Crippen molar-refractivity contribution in [1.82, 2.24) is 14.4 Å². The topological polar surface area (TPSA) is 56.5 Å². The smallest absolute Gasteiger partial charge is 0.358 e. The molecule has 0 spiro atoms. The van der Waals surface area contributed by atoms with Gasteiger partial charge in [0.1, 0.15) is 10.9 Å². The second kappa shape index (κ2) is 3.38. The highest BCUT2D eigenvalue weighted by atomic mass is 79.9. The van der Waals surface area contributed by atoms with E-state index in [0.717, 1.165) is 0 Å². The van der Waals surface area contributed by atoms with Crippen molar-refractivity contribution in [3.05, 3.63) is 29.0 Å². The zero-order valence-electron chi connectivity index (χ0n) is 7.27. The molecule has 0 N–H and O–H groups in total. The third kappa shape index (κ3) is 1.37. The van der Waals surface area contributed by atoms with E-state index in [1.165, 1.54) is 13.4 Å². The number of rotatable bonds is 1. The molecular weight excluding hydrogens is 250 g/mol. The van der Waals surface area contributed by atoms with E-state index in [9.17, 15) is 4.79 Å². The third-order valence-corrected chi connectivity index (χ3v) is 2.18. The van der Waals surface area contributed by atoms with Crippen molar-refractivity contribution in [3.63, 3.8) is 0 Å². The van der Waals surface area contributed by atoms with Crippen LogP contribution in [0.25, 0.3) is 5.52 Å². The van der Waals surface area contributed by atoms with Crippen LogP contribution >= 0.6 is 15.9 Å². The van der Waals surface area contributed by atoms with E-state index in [2.05, 4.69) is 30.6 Å². The van der Waals surface area contributed by atoms with Crippen LogP contribution in [0.3, 0.4) is 0 Å². The second-order valence-corrected chi connectivity index (χ2v) is 3.40. The zero-order valence-corrected chi connectivity index (χ0v) is 8.85. The Balaban J connectivity index is 2.64. The van der Waals surface area contributed by atoms with Gasteiger partial charge in [0.05, 0.1) is 18.8 Å². The molecule has 2 rings (SSSR count). The number of methoxy groups -OCH3 is 1. The van der Waals surface area contributed by atoms with Crippen LogP contribution in [0.4, 0.5) is 0 Å². The molecule has 0 bridgehead atoms. The summed E-state index contributed by atoms with van der Waals surface area (Å²) in [6, 6.07) is 0. The first-order chi connectivity index (χ1) is 6.72. The Labute approximate surface area is 87.9 Å². The maximum absolute atomic E-state index is 11.2. The van der Waals surface area contributed by atoms with E-state index < -0.39 is 5.97 Å². The first kappa shape index (κ1) is 9.14. The van der Waals surface area contributed by atoms with E-state index >= 15 is 0 Å².